The monoisotopic (exact) mass is 526 g/mol. The summed E-state index contributed by atoms with van der Waals surface area (Å²) in [6.07, 6.45) is -6.04. The van der Waals surface area contributed by atoms with Gasteiger partial charge in [0.2, 0.25) is 11.8 Å². The normalized spacial score (nSPS) is 26.5. The summed E-state index contributed by atoms with van der Waals surface area (Å²) in [6, 6.07) is -2.74. The number of hydrogen-bond acceptors (Lipinski definition) is 6. The number of Topliss-reactive ketones (excluding diaryl/α,β-unsaturated/α-hetero) is 1. The fourth-order valence-corrected chi connectivity index (χ4v) is 5.16. The second-order valence-electron chi connectivity index (χ2n) is 9.13. The molecule has 5 atom stereocenters. The lowest BCUT2D eigenvalue weighted by Crippen LogP contribution is -2.56. The summed E-state index contributed by atoms with van der Waals surface area (Å²) in [7, 11) is 0. The highest BCUT2D eigenvalue weighted by molar-refractivity contribution is 6.35. The van der Waals surface area contributed by atoms with E-state index in [1.165, 1.54) is 0 Å². The van der Waals surface area contributed by atoms with Gasteiger partial charge in [0.05, 0.1) is 12.6 Å². The van der Waals surface area contributed by atoms with Gasteiger partial charge in [0.25, 0.3) is 6.43 Å². The maximum absolute atomic E-state index is 13.3. The molecular weight excluding hydrogens is 499 g/mol. The Hall–Kier alpha value is -2.84. The van der Waals surface area contributed by atoms with Gasteiger partial charge in [-0.25, -0.2) is 8.78 Å². The molecule has 1 saturated carbocycles. The van der Waals surface area contributed by atoms with E-state index in [0.717, 1.165) is 11.3 Å². The number of rotatable bonds is 9. The van der Waals surface area contributed by atoms with Gasteiger partial charge in [-0.15, -0.1) is 13.2 Å². The van der Waals surface area contributed by atoms with Gasteiger partial charge in [-0.1, -0.05) is 6.42 Å². The van der Waals surface area contributed by atoms with Gasteiger partial charge in [-0.3, -0.25) is 28.7 Å². The summed E-state index contributed by atoms with van der Waals surface area (Å²) < 4.78 is 65.9. The molecule has 4 unspecified atom stereocenters. The average Bonchev–Trinajstić information content (AvgIpc) is 3.50. The molecule has 0 bridgehead atoms. The number of nitrogens with zero attached hydrogens (tertiary/aromatic N) is 1. The zero-order valence-corrected chi connectivity index (χ0v) is 19.1. The van der Waals surface area contributed by atoms with E-state index >= 15 is 0 Å². The largest absolute Gasteiger partial charge is 0.522 e. The molecule has 2 heterocycles. The number of amides is 4. The van der Waals surface area contributed by atoms with Gasteiger partial charge in [0.15, 0.2) is 5.78 Å². The number of alkyl halides is 5. The fraction of sp³-hybridized carbons (Fsp3) is 0.762. The van der Waals surface area contributed by atoms with Crippen molar-refractivity contribution < 1.29 is 50.7 Å². The predicted molar refractivity (Wildman–Crippen MR) is 110 cm³/mol. The van der Waals surface area contributed by atoms with Crippen LogP contribution in [0.15, 0.2) is 0 Å². The van der Waals surface area contributed by atoms with Crippen molar-refractivity contribution in [2.24, 2.45) is 17.8 Å². The van der Waals surface area contributed by atoms with Crippen molar-refractivity contribution in [3.63, 3.8) is 0 Å². The third kappa shape index (κ3) is 6.89. The van der Waals surface area contributed by atoms with Crippen molar-refractivity contribution in [2.75, 3.05) is 26.2 Å². The van der Waals surface area contributed by atoms with Crippen molar-refractivity contribution in [3.05, 3.63) is 0 Å². The van der Waals surface area contributed by atoms with E-state index < -0.39 is 73.4 Å². The number of hydrogen-bond donors (Lipinski definition) is 3. The number of likely N-dealkylation sites (tertiary alicyclic amines) is 1. The highest BCUT2D eigenvalue weighted by atomic mass is 19.4. The number of fused-ring (bicyclic) bond motifs is 1. The molecule has 3 rings (SSSR count). The van der Waals surface area contributed by atoms with E-state index in [0.29, 0.717) is 25.8 Å². The van der Waals surface area contributed by atoms with Gasteiger partial charge in [-0.2, -0.15) is 0 Å². The number of halogens is 5. The number of ketones is 1. The van der Waals surface area contributed by atoms with E-state index in [9.17, 15) is 45.9 Å². The summed E-state index contributed by atoms with van der Waals surface area (Å²) in [5.74, 6) is -6.17. The van der Waals surface area contributed by atoms with Crippen molar-refractivity contribution in [1.82, 2.24) is 20.9 Å². The topological polar surface area (TPSA) is 134 Å². The molecule has 1 aliphatic carbocycles. The van der Waals surface area contributed by atoms with Crippen molar-refractivity contribution in [1.29, 1.82) is 0 Å². The molecule has 0 aromatic carbocycles. The van der Waals surface area contributed by atoms with Gasteiger partial charge < -0.3 is 20.9 Å². The molecule has 0 spiro atoms. The zero-order valence-electron chi connectivity index (χ0n) is 19.1. The molecule has 15 heteroatoms. The molecule has 0 aromatic rings. The molecule has 3 aliphatic rings. The van der Waals surface area contributed by atoms with E-state index in [1.807, 2.05) is 0 Å². The van der Waals surface area contributed by atoms with Crippen LogP contribution in [0, 0.1) is 17.8 Å². The van der Waals surface area contributed by atoms with E-state index in [4.69, 9.17) is 0 Å². The van der Waals surface area contributed by atoms with Crippen LogP contribution in [0.2, 0.25) is 0 Å². The zero-order chi connectivity index (χ0) is 26.6. The number of carbonyl (C=O) groups is 5. The highest BCUT2D eigenvalue weighted by Crippen LogP contribution is 2.42. The Kier molecular flexibility index (Phi) is 8.84. The first kappa shape index (κ1) is 27.7. The SMILES string of the molecule is O=C(NCC(F)F)C(=O)N1CC2CCCC2[C@H]1C(=O)NC(CC1CCNC1=O)C(=O)COC(F)(F)F. The summed E-state index contributed by atoms with van der Waals surface area (Å²) in [4.78, 5) is 63.6. The smallest absolute Gasteiger partial charge is 0.356 e. The number of ether oxygens (including phenoxy) is 1. The Morgan fingerprint density at radius 2 is 1.86 bits per heavy atom. The van der Waals surface area contributed by atoms with Crippen LogP contribution in [0.25, 0.3) is 0 Å². The van der Waals surface area contributed by atoms with Gasteiger partial charge in [0.1, 0.15) is 12.6 Å². The van der Waals surface area contributed by atoms with Crippen LogP contribution < -0.4 is 16.0 Å². The van der Waals surface area contributed by atoms with Crippen LogP contribution in [0.3, 0.4) is 0 Å². The Morgan fingerprint density at radius 3 is 2.47 bits per heavy atom. The fourth-order valence-electron chi connectivity index (χ4n) is 5.16. The molecule has 2 saturated heterocycles. The minimum Gasteiger partial charge on any atom is -0.356 e. The minimum atomic E-state index is -5.09. The number of nitrogens with one attached hydrogen (secondary N) is 3. The minimum absolute atomic E-state index is 0.0184. The number of carbonyl (C=O) groups excluding carboxylic acids is 5. The summed E-state index contributed by atoms with van der Waals surface area (Å²) in [5, 5.41) is 6.70. The molecule has 3 fully saturated rings. The second-order valence-corrected chi connectivity index (χ2v) is 9.13. The predicted octanol–water partition coefficient (Wildman–Crippen LogP) is 0.111. The van der Waals surface area contributed by atoms with Crippen molar-refractivity contribution in [3.8, 4) is 0 Å². The molecule has 3 N–H and O–H groups in total. The van der Waals surface area contributed by atoms with Crippen LogP contribution >= 0.6 is 0 Å². The summed E-state index contributed by atoms with van der Waals surface area (Å²) in [5.41, 5.74) is 0. The van der Waals surface area contributed by atoms with Crippen LogP contribution in [0.5, 0.6) is 0 Å². The lowest BCUT2D eigenvalue weighted by molar-refractivity contribution is -0.321. The molecule has 202 valence electrons. The molecule has 0 aromatic heterocycles. The third-order valence-corrected chi connectivity index (χ3v) is 6.80. The average molecular weight is 526 g/mol. The standard InChI is InChI=1S/C21H27F5N4O6/c22-15(23)7-28-19(34)20(35)30-8-11-2-1-3-12(11)16(30)18(33)29-13(6-10-4-5-27-17(10)32)14(31)9-36-21(24,25)26/h10-13,15-16H,1-9H2,(H,27,32)(H,28,34)(H,29,33)/t10?,11?,12?,13?,16-/m0/s1. The van der Waals surface area contributed by atoms with Gasteiger partial charge in [-0.05, 0) is 37.5 Å². The first-order valence-corrected chi connectivity index (χ1v) is 11.6. The van der Waals surface area contributed by atoms with Crippen LogP contribution in [0.4, 0.5) is 22.0 Å². The van der Waals surface area contributed by atoms with Crippen molar-refractivity contribution >= 4 is 29.4 Å². The molecule has 2 aliphatic heterocycles. The van der Waals surface area contributed by atoms with Gasteiger partial charge >= 0.3 is 18.2 Å². The molecule has 10 nitrogen and oxygen atoms in total. The van der Waals surface area contributed by atoms with Crippen LogP contribution in [-0.2, 0) is 28.7 Å². The molecule has 4 amide bonds. The highest BCUT2D eigenvalue weighted by Gasteiger charge is 2.51. The Morgan fingerprint density at radius 1 is 1.14 bits per heavy atom. The Balaban J connectivity index is 1.76. The molecule has 0 radical (unpaired) electrons. The van der Waals surface area contributed by atoms with Gasteiger partial charge in [0, 0.05) is 19.0 Å². The lowest BCUT2D eigenvalue weighted by atomic mass is 9.92. The maximum atomic E-state index is 13.3. The first-order valence-electron chi connectivity index (χ1n) is 11.6. The summed E-state index contributed by atoms with van der Waals surface area (Å²) >= 11 is 0. The van der Waals surface area contributed by atoms with E-state index in [1.54, 1.807) is 5.32 Å². The van der Waals surface area contributed by atoms with Crippen LogP contribution in [-0.4, -0.2) is 85.4 Å². The Labute approximate surface area is 202 Å². The first-order chi connectivity index (χ1) is 16.9. The quantitative estimate of drug-likeness (QED) is 0.289. The van der Waals surface area contributed by atoms with Crippen LogP contribution in [0.1, 0.15) is 32.1 Å². The van der Waals surface area contributed by atoms with Crippen molar-refractivity contribution in [2.45, 2.75) is 57.0 Å². The summed E-state index contributed by atoms with van der Waals surface area (Å²) in [6.45, 7) is -2.12. The maximum Gasteiger partial charge on any atom is 0.522 e. The van der Waals surface area contributed by atoms with E-state index in [-0.39, 0.29) is 24.8 Å². The van der Waals surface area contributed by atoms with E-state index in [2.05, 4.69) is 15.4 Å². The second kappa shape index (κ2) is 11.5. The third-order valence-electron chi connectivity index (χ3n) is 6.80. The molecule has 36 heavy (non-hydrogen) atoms. The Bertz CT molecular complexity index is 885. The lowest BCUT2D eigenvalue weighted by Gasteiger charge is -2.29. The molecular formula is C21H27F5N4O6.